The molecule has 132 valence electrons. The second-order valence-corrected chi connectivity index (χ2v) is 8.31. The third-order valence-corrected chi connectivity index (χ3v) is 6.31. The molecule has 0 fully saturated rings. The minimum atomic E-state index is -3.62. The minimum Gasteiger partial charge on any atom is -0.326 e. The smallest absolute Gasteiger partial charge is 0.264 e. The summed E-state index contributed by atoms with van der Waals surface area (Å²) in [6.07, 6.45) is 4.24. The molecule has 0 bridgehead atoms. The van der Waals surface area contributed by atoms with Crippen LogP contribution in [0.25, 0.3) is 0 Å². The van der Waals surface area contributed by atoms with Gasteiger partial charge in [-0.1, -0.05) is 6.07 Å². The van der Waals surface area contributed by atoms with Crippen molar-refractivity contribution in [1.29, 1.82) is 0 Å². The number of aryl methyl sites for hydroxylation is 2. The summed E-state index contributed by atoms with van der Waals surface area (Å²) >= 11 is 0. The number of carbonyl (C=O) groups is 1. The Bertz CT molecular complexity index is 889. The Morgan fingerprint density at radius 1 is 1.00 bits per heavy atom. The van der Waals surface area contributed by atoms with E-state index in [1.165, 1.54) is 23.2 Å². The van der Waals surface area contributed by atoms with Crippen molar-refractivity contribution in [2.24, 2.45) is 0 Å². The number of anilines is 2. The predicted molar refractivity (Wildman–Crippen MR) is 99.4 cm³/mol. The number of nitrogens with one attached hydrogen (secondary N) is 1. The van der Waals surface area contributed by atoms with Gasteiger partial charge in [0.2, 0.25) is 5.91 Å². The lowest BCUT2D eigenvalue weighted by Crippen LogP contribution is -2.26. The average Bonchev–Trinajstić information content (AvgIpc) is 2.61. The predicted octanol–water partition coefficient (Wildman–Crippen LogP) is 3.35. The van der Waals surface area contributed by atoms with Gasteiger partial charge < -0.3 is 5.32 Å². The summed E-state index contributed by atoms with van der Waals surface area (Å²) in [5.74, 6) is -0.164. The Labute approximate surface area is 148 Å². The summed E-state index contributed by atoms with van der Waals surface area (Å²) in [5, 5.41) is 2.67. The van der Waals surface area contributed by atoms with Crippen LogP contribution in [0.15, 0.2) is 47.4 Å². The van der Waals surface area contributed by atoms with Gasteiger partial charge in [0.15, 0.2) is 0 Å². The third kappa shape index (κ3) is 3.69. The second kappa shape index (κ2) is 6.88. The zero-order valence-electron chi connectivity index (χ0n) is 14.5. The molecule has 2 aromatic rings. The molecule has 6 heteroatoms. The molecule has 1 aliphatic carbocycles. The number of benzene rings is 2. The van der Waals surface area contributed by atoms with Gasteiger partial charge in [-0.25, -0.2) is 8.42 Å². The molecule has 0 aliphatic heterocycles. The molecule has 3 rings (SSSR count). The van der Waals surface area contributed by atoms with Gasteiger partial charge in [-0.05, 0) is 73.2 Å². The van der Waals surface area contributed by atoms with Crippen LogP contribution in [0.5, 0.6) is 0 Å². The molecule has 1 N–H and O–H groups in total. The molecule has 0 heterocycles. The third-order valence-electron chi connectivity index (χ3n) is 4.53. The largest absolute Gasteiger partial charge is 0.326 e. The molecular weight excluding hydrogens is 336 g/mol. The summed E-state index contributed by atoms with van der Waals surface area (Å²) in [7, 11) is -2.07. The second-order valence-electron chi connectivity index (χ2n) is 6.34. The standard InChI is InChI=1S/C19H22N2O3S/c1-14(22)20-17-8-10-18(11-9-17)21(2)25(23,24)19-12-7-15-5-3-4-6-16(15)13-19/h7-13H,3-6H2,1-2H3,(H,20,22). The van der Waals surface area contributed by atoms with Crippen molar-refractivity contribution in [1.82, 2.24) is 0 Å². The fraction of sp³-hybridized carbons (Fsp3) is 0.316. The van der Waals surface area contributed by atoms with Crippen molar-refractivity contribution in [3.8, 4) is 0 Å². The Morgan fingerprint density at radius 3 is 2.28 bits per heavy atom. The molecule has 0 saturated carbocycles. The van der Waals surface area contributed by atoms with Crippen LogP contribution in [-0.2, 0) is 27.7 Å². The number of hydrogen-bond donors (Lipinski definition) is 1. The van der Waals surface area contributed by atoms with Gasteiger partial charge in [-0.2, -0.15) is 0 Å². The molecule has 5 nitrogen and oxygen atoms in total. The lowest BCUT2D eigenvalue weighted by molar-refractivity contribution is -0.114. The van der Waals surface area contributed by atoms with Gasteiger partial charge in [-0.3, -0.25) is 9.10 Å². The van der Waals surface area contributed by atoms with Gasteiger partial charge in [0.05, 0.1) is 10.6 Å². The highest BCUT2D eigenvalue weighted by atomic mass is 32.2. The molecule has 0 aromatic heterocycles. The SMILES string of the molecule is CC(=O)Nc1ccc(N(C)S(=O)(=O)c2ccc3c(c2)CCCC3)cc1. The Kier molecular flexibility index (Phi) is 4.81. The number of carbonyl (C=O) groups excluding carboxylic acids is 1. The lowest BCUT2D eigenvalue weighted by Gasteiger charge is -2.22. The van der Waals surface area contributed by atoms with Crippen molar-refractivity contribution >= 4 is 27.3 Å². The maximum atomic E-state index is 12.9. The van der Waals surface area contributed by atoms with Crippen LogP contribution >= 0.6 is 0 Å². The van der Waals surface area contributed by atoms with Crippen LogP contribution in [0.1, 0.15) is 30.9 Å². The first kappa shape index (κ1) is 17.5. The molecule has 0 spiro atoms. The number of amides is 1. The van der Waals surface area contributed by atoms with E-state index < -0.39 is 10.0 Å². The van der Waals surface area contributed by atoms with E-state index in [0.29, 0.717) is 16.3 Å². The first-order chi connectivity index (χ1) is 11.9. The van der Waals surface area contributed by atoms with Crippen LogP contribution < -0.4 is 9.62 Å². The highest BCUT2D eigenvalue weighted by Gasteiger charge is 2.23. The topological polar surface area (TPSA) is 66.5 Å². The van der Waals surface area contributed by atoms with E-state index in [0.717, 1.165) is 24.8 Å². The Hall–Kier alpha value is -2.34. The van der Waals surface area contributed by atoms with Crippen molar-refractivity contribution in [3.05, 3.63) is 53.6 Å². The number of rotatable bonds is 4. The van der Waals surface area contributed by atoms with E-state index in [-0.39, 0.29) is 5.91 Å². The van der Waals surface area contributed by atoms with Gasteiger partial charge >= 0.3 is 0 Å². The van der Waals surface area contributed by atoms with Gasteiger partial charge in [0, 0.05) is 19.7 Å². The molecule has 1 amide bonds. The number of nitrogens with zero attached hydrogens (tertiary/aromatic N) is 1. The fourth-order valence-electron chi connectivity index (χ4n) is 3.13. The summed E-state index contributed by atoms with van der Waals surface area (Å²) < 4.78 is 27.1. The van der Waals surface area contributed by atoms with Crippen molar-refractivity contribution in [2.75, 3.05) is 16.7 Å². The molecule has 0 saturated heterocycles. The van der Waals surface area contributed by atoms with Gasteiger partial charge in [0.25, 0.3) is 10.0 Å². The van der Waals surface area contributed by atoms with E-state index in [9.17, 15) is 13.2 Å². The Morgan fingerprint density at radius 2 is 1.64 bits per heavy atom. The summed E-state index contributed by atoms with van der Waals surface area (Å²) in [4.78, 5) is 11.4. The maximum Gasteiger partial charge on any atom is 0.264 e. The van der Waals surface area contributed by atoms with Crippen LogP contribution in [0.3, 0.4) is 0 Å². The molecule has 25 heavy (non-hydrogen) atoms. The quantitative estimate of drug-likeness (QED) is 0.911. The van der Waals surface area contributed by atoms with E-state index in [1.807, 2.05) is 12.1 Å². The molecule has 1 aliphatic rings. The zero-order chi connectivity index (χ0) is 18.0. The normalized spacial score (nSPS) is 13.8. The maximum absolute atomic E-state index is 12.9. The molecule has 0 radical (unpaired) electrons. The van der Waals surface area contributed by atoms with E-state index in [4.69, 9.17) is 0 Å². The summed E-state index contributed by atoms with van der Waals surface area (Å²) in [5.41, 5.74) is 3.58. The number of sulfonamides is 1. The van der Waals surface area contributed by atoms with Gasteiger partial charge in [-0.15, -0.1) is 0 Å². The molecular formula is C19H22N2O3S. The van der Waals surface area contributed by atoms with E-state index >= 15 is 0 Å². The average molecular weight is 358 g/mol. The van der Waals surface area contributed by atoms with Crippen LogP contribution in [-0.4, -0.2) is 21.4 Å². The van der Waals surface area contributed by atoms with Crippen LogP contribution in [0, 0.1) is 0 Å². The van der Waals surface area contributed by atoms with Crippen molar-refractivity contribution in [2.45, 2.75) is 37.5 Å². The first-order valence-corrected chi connectivity index (χ1v) is 9.80. The van der Waals surface area contributed by atoms with Gasteiger partial charge in [0.1, 0.15) is 0 Å². The van der Waals surface area contributed by atoms with E-state index in [2.05, 4.69) is 5.32 Å². The summed E-state index contributed by atoms with van der Waals surface area (Å²) in [6.45, 7) is 1.43. The molecule has 0 atom stereocenters. The summed E-state index contributed by atoms with van der Waals surface area (Å²) in [6, 6.07) is 12.2. The van der Waals surface area contributed by atoms with Crippen molar-refractivity contribution < 1.29 is 13.2 Å². The minimum absolute atomic E-state index is 0.164. The van der Waals surface area contributed by atoms with Crippen molar-refractivity contribution in [3.63, 3.8) is 0 Å². The molecule has 2 aromatic carbocycles. The Balaban J connectivity index is 1.87. The van der Waals surface area contributed by atoms with E-state index in [1.54, 1.807) is 37.4 Å². The first-order valence-electron chi connectivity index (χ1n) is 8.36. The van der Waals surface area contributed by atoms with Crippen LogP contribution in [0.4, 0.5) is 11.4 Å². The monoisotopic (exact) mass is 358 g/mol. The van der Waals surface area contributed by atoms with Crippen LogP contribution in [0.2, 0.25) is 0 Å². The lowest BCUT2D eigenvalue weighted by atomic mass is 9.92. The number of fused-ring (bicyclic) bond motifs is 1. The highest BCUT2D eigenvalue weighted by molar-refractivity contribution is 7.92. The molecule has 0 unspecified atom stereocenters. The fourth-order valence-corrected chi connectivity index (χ4v) is 4.37. The highest BCUT2D eigenvalue weighted by Crippen LogP contribution is 2.28. The zero-order valence-corrected chi connectivity index (χ0v) is 15.3. The number of hydrogen-bond acceptors (Lipinski definition) is 3.